The first-order valence-electron chi connectivity index (χ1n) is 6.68. The van der Waals surface area contributed by atoms with Crippen molar-refractivity contribution in [1.82, 2.24) is 15.5 Å². The molecule has 5 heteroatoms. The standard InChI is InChI=1S/C15H18ClN3O/c1-2-9-17-10-14-7-8-15(19-18-14)20-11-12-3-5-13(16)6-4-12/h3-8,17H,2,9-11H2,1H3. The van der Waals surface area contributed by atoms with E-state index < -0.39 is 0 Å². The minimum Gasteiger partial charge on any atom is -0.472 e. The highest BCUT2D eigenvalue weighted by molar-refractivity contribution is 6.30. The van der Waals surface area contributed by atoms with Gasteiger partial charge in [0.25, 0.3) is 0 Å². The van der Waals surface area contributed by atoms with E-state index in [1.165, 1.54) is 0 Å². The zero-order valence-corrected chi connectivity index (χ0v) is 12.2. The minimum absolute atomic E-state index is 0.458. The number of nitrogens with one attached hydrogen (secondary N) is 1. The summed E-state index contributed by atoms with van der Waals surface area (Å²) in [6.07, 6.45) is 1.11. The van der Waals surface area contributed by atoms with Gasteiger partial charge in [0.15, 0.2) is 0 Å². The van der Waals surface area contributed by atoms with Gasteiger partial charge in [0.05, 0.1) is 5.69 Å². The number of ether oxygens (including phenoxy) is 1. The topological polar surface area (TPSA) is 47.0 Å². The summed E-state index contributed by atoms with van der Waals surface area (Å²) in [5, 5.41) is 12.2. The van der Waals surface area contributed by atoms with Gasteiger partial charge in [-0.15, -0.1) is 5.10 Å². The maximum atomic E-state index is 5.83. The number of rotatable bonds is 7. The van der Waals surface area contributed by atoms with Gasteiger partial charge in [-0.1, -0.05) is 30.7 Å². The SMILES string of the molecule is CCCNCc1ccc(OCc2ccc(Cl)cc2)nn1. The summed E-state index contributed by atoms with van der Waals surface area (Å²) in [5.74, 6) is 0.527. The summed E-state index contributed by atoms with van der Waals surface area (Å²) < 4.78 is 5.58. The van der Waals surface area contributed by atoms with E-state index in [0.717, 1.165) is 35.8 Å². The van der Waals surface area contributed by atoms with Crippen molar-refractivity contribution in [2.75, 3.05) is 6.54 Å². The summed E-state index contributed by atoms with van der Waals surface area (Å²) >= 11 is 5.83. The molecule has 2 rings (SSSR count). The van der Waals surface area contributed by atoms with Crippen LogP contribution in [0.5, 0.6) is 5.88 Å². The van der Waals surface area contributed by atoms with Crippen LogP contribution in [0.3, 0.4) is 0 Å². The molecular weight excluding hydrogens is 274 g/mol. The molecule has 1 heterocycles. The second kappa shape index (κ2) is 7.82. The van der Waals surface area contributed by atoms with Gasteiger partial charge in [-0.2, -0.15) is 5.10 Å². The predicted molar refractivity (Wildman–Crippen MR) is 79.8 cm³/mol. The Labute approximate surface area is 124 Å². The lowest BCUT2D eigenvalue weighted by atomic mass is 10.2. The molecule has 0 radical (unpaired) electrons. The van der Waals surface area contributed by atoms with Crippen LogP contribution in [-0.4, -0.2) is 16.7 Å². The summed E-state index contributed by atoms with van der Waals surface area (Å²) in [7, 11) is 0. The molecule has 0 unspecified atom stereocenters. The zero-order chi connectivity index (χ0) is 14.2. The van der Waals surface area contributed by atoms with Crippen molar-refractivity contribution < 1.29 is 4.74 Å². The lowest BCUT2D eigenvalue weighted by Gasteiger charge is -2.06. The summed E-state index contributed by atoms with van der Waals surface area (Å²) in [6.45, 7) is 4.31. The maximum Gasteiger partial charge on any atom is 0.233 e. The molecule has 0 amide bonds. The van der Waals surface area contributed by atoms with Crippen molar-refractivity contribution in [2.45, 2.75) is 26.5 Å². The molecule has 0 fully saturated rings. The molecule has 0 spiro atoms. The van der Waals surface area contributed by atoms with E-state index in [0.29, 0.717) is 12.5 Å². The molecule has 1 aromatic heterocycles. The van der Waals surface area contributed by atoms with Gasteiger partial charge in [0.2, 0.25) is 5.88 Å². The Morgan fingerprint density at radius 1 is 1.10 bits per heavy atom. The van der Waals surface area contributed by atoms with Crippen LogP contribution in [0.4, 0.5) is 0 Å². The molecule has 0 aliphatic heterocycles. The molecule has 4 nitrogen and oxygen atoms in total. The lowest BCUT2D eigenvalue weighted by Crippen LogP contribution is -2.15. The monoisotopic (exact) mass is 291 g/mol. The van der Waals surface area contributed by atoms with E-state index in [-0.39, 0.29) is 0 Å². The fraction of sp³-hybridized carbons (Fsp3) is 0.333. The molecule has 0 bridgehead atoms. The van der Waals surface area contributed by atoms with Gasteiger partial charge in [-0.3, -0.25) is 0 Å². The Bertz CT molecular complexity index is 514. The van der Waals surface area contributed by atoms with E-state index in [2.05, 4.69) is 22.4 Å². The molecular formula is C15H18ClN3O. The third-order valence-corrected chi connectivity index (χ3v) is 2.98. The highest BCUT2D eigenvalue weighted by atomic mass is 35.5. The first-order chi connectivity index (χ1) is 9.78. The van der Waals surface area contributed by atoms with Gasteiger partial charge in [-0.25, -0.2) is 0 Å². The second-order valence-electron chi connectivity index (χ2n) is 4.45. The number of halogens is 1. The predicted octanol–water partition coefficient (Wildman–Crippen LogP) is 3.21. The zero-order valence-electron chi connectivity index (χ0n) is 11.5. The van der Waals surface area contributed by atoms with E-state index in [4.69, 9.17) is 16.3 Å². The Morgan fingerprint density at radius 2 is 1.90 bits per heavy atom. The first kappa shape index (κ1) is 14.8. The molecule has 2 aromatic rings. The lowest BCUT2D eigenvalue weighted by molar-refractivity contribution is 0.289. The van der Waals surface area contributed by atoms with Crippen molar-refractivity contribution in [1.29, 1.82) is 0 Å². The number of hydrogen-bond acceptors (Lipinski definition) is 4. The van der Waals surface area contributed by atoms with E-state index >= 15 is 0 Å². The van der Waals surface area contributed by atoms with Crippen LogP contribution in [0, 0.1) is 0 Å². The van der Waals surface area contributed by atoms with E-state index in [1.54, 1.807) is 0 Å². The Hall–Kier alpha value is -1.65. The van der Waals surface area contributed by atoms with Gasteiger partial charge in [0.1, 0.15) is 6.61 Å². The van der Waals surface area contributed by atoms with Gasteiger partial charge in [-0.05, 0) is 36.7 Å². The molecule has 1 aromatic carbocycles. The Morgan fingerprint density at radius 3 is 2.55 bits per heavy atom. The van der Waals surface area contributed by atoms with E-state index in [1.807, 2.05) is 36.4 Å². The maximum absolute atomic E-state index is 5.83. The number of aromatic nitrogens is 2. The number of nitrogens with zero attached hydrogens (tertiary/aromatic N) is 2. The van der Waals surface area contributed by atoms with Crippen LogP contribution >= 0.6 is 11.6 Å². The smallest absolute Gasteiger partial charge is 0.233 e. The van der Waals surface area contributed by atoms with Crippen LogP contribution in [-0.2, 0) is 13.2 Å². The minimum atomic E-state index is 0.458. The fourth-order valence-electron chi connectivity index (χ4n) is 1.65. The van der Waals surface area contributed by atoms with Crippen LogP contribution < -0.4 is 10.1 Å². The van der Waals surface area contributed by atoms with Crippen molar-refractivity contribution in [3.8, 4) is 5.88 Å². The Balaban J connectivity index is 1.82. The molecule has 1 N–H and O–H groups in total. The molecule has 0 saturated carbocycles. The average molecular weight is 292 g/mol. The largest absolute Gasteiger partial charge is 0.472 e. The third kappa shape index (κ3) is 4.79. The van der Waals surface area contributed by atoms with Crippen LogP contribution in [0.25, 0.3) is 0 Å². The fourth-order valence-corrected chi connectivity index (χ4v) is 1.78. The summed E-state index contributed by atoms with van der Waals surface area (Å²) in [6, 6.07) is 11.3. The quantitative estimate of drug-likeness (QED) is 0.796. The average Bonchev–Trinajstić information content (AvgIpc) is 2.48. The van der Waals surface area contributed by atoms with Gasteiger partial charge >= 0.3 is 0 Å². The second-order valence-corrected chi connectivity index (χ2v) is 4.89. The third-order valence-electron chi connectivity index (χ3n) is 2.73. The molecule has 20 heavy (non-hydrogen) atoms. The number of hydrogen-bond donors (Lipinski definition) is 1. The van der Waals surface area contributed by atoms with Crippen LogP contribution in [0.15, 0.2) is 36.4 Å². The summed E-state index contributed by atoms with van der Waals surface area (Å²) in [4.78, 5) is 0. The van der Waals surface area contributed by atoms with Crippen molar-refractivity contribution in [3.63, 3.8) is 0 Å². The van der Waals surface area contributed by atoms with Crippen LogP contribution in [0.2, 0.25) is 5.02 Å². The Kier molecular flexibility index (Phi) is 5.77. The first-order valence-corrected chi connectivity index (χ1v) is 7.06. The van der Waals surface area contributed by atoms with Crippen LogP contribution in [0.1, 0.15) is 24.6 Å². The molecule has 0 aliphatic carbocycles. The highest BCUT2D eigenvalue weighted by Crippen LogP contribution is 2.12. The highest BCUT2D eigenvalue weighted by Gasteiger charge is 2.00. The molecule has 0 atom stereocenters. The number of benzene rings is 1. The summed E-state index contributed by atoms with van der Waals surface area (Å²) in [5.41, 5.74) is 1.96. The normalized spacial score (nSPS) is 10.5. The van der Waals surface area contributed by atoms with Gasteiger partial charge < -0.3 is 10.1 Å². The van der Waals surface area contributed by atoms with Crippen molar-refractivity contribution >= 4 is 11.6 Å². The molecule has 0 aliphatic rings. The van der Waals surface area contributed by atoms with Gasteiger partial charge in [0, 0.05) is 17.6 Å². The molecule has 106 valence electrons. The van der Waals surface area contributed by atoms with E-state index in [9.17, 15) is 0 Å². The van der Waals surface area contributed by atoms with Crippen molar-refractivity contribution in [2.24, 2.45) is 0 Å². The molecule has 0 saturated heterocycles. The van der Waals surface area contributed by atoms with Crippen molar-refractivity contribution in [3.05, 3.63) is 52.7 Å².